The number of aromatic nitrogens is 3. The number of aromatic amines is 1. The summed E-state index contributed by atoms with van der Waals surface area (Å²) in [7, 11) is 0. The molecule has 0 aliphatic rings. The van der Waals surface area contributed by atoms with Gasteiger partial charge in [0, 0.05) is 18.6 Å². The van der Waals surface area contributed by atoms with Crippen molar-refractivity contribution < 1.29 is 4.92 Å². The van der Waals surface area contributed by atoms with Gasteiger partial charge in [-0.15, -0.1) is 0 Å². The molecule has 0 unspecified atom stereocenters. The van der Waals surface area contributed by atoms with E-state index in [9.17, 15) is 14.9 Å². The highest BCUT2D eigenvalue weighted by atomic mass is 16.6. The maximum absolute atomic E-state index is 11.1. The lowest BCUT2D eigenvalue weighted by Crippen LogP contribution is -2.05. The third-order valence-corrected chi connectivity index (χ3v) is 2.33. The number of nitrogens with zero attached hydrogens (tertiary/aromatic N) is 3. The van der Waals surface area contributed by atoms with Gasteiger partial charge in [0.05, 0.1) is 10.6 Å². The van der Waals surface area contributed by atoms with Gasteiger partial charge in [0.25, 0.3) is 5.69 Å². The van der Waals surface area contributed by atoms with Crippen molar-refractivity contribution in [3.05, 3.63) is 50.7 Å². The summed E-state index contributed by atoms with van der Waals surface area (Å²) in [5.74, 6) is 0.587. The van der Waals surface area contributed by atoms with Crippen LogP contribution in [0.25, 0.3) is 5.69 Å². The predicted octanol–water partition coefficient (Wildman–Crippen LogP) is 1.03. The van der Waals surface area contributed by atoms with Crippen LogP contribution in [-0.4, -0.2) is 19.7 Å². The van der Waals surface area contributed by atoms with Crippen molar-refractivity contribution in [1.29, 1.82) is 0 Å². The van der Waals surface area contributed by atoms with Crippen LogP contribution in [0.3, 0.4) is 0 Å². The number of aryl methyl sites for hydroxylation is 1. The third kappa shape index (κ3) is 2.07. The zero-order chi connectivity index (χ0) is 12.4. The van der Waals surface area contributed by atoms with Crippen LogP contribution in [0.1, 0.15) is 12.7 Å². The Hall–Kier alpha value is -2.44. The number of rotatable bonds is 3. The van der Waals surface area contributed by atoms with Crippen molar-refractivity contribution in [2.45, 2.75) is 13.3 Å². The summed E-state index contributed by atoms with van der Waals surface area (Å²) in [5.41, 5.74) is 0.219. The van der Waals surface area contributed by atoms with Crippen LogP contribution >= 0.6 is 0 Å². The topological polar surface area (TPSA) is 93.8 Å². The first-order chi connectivity index (χ1) is 8.11. The molecule has 0 saturated heterocycles. The van der Waals surface area contributed by atoms with Gasteiger partial charge < -0.3 is 0 Å². The summed E-state index contributed by atoms with van der Waals surface area (Å²) in [4.78, 5) is 24.9. The first-order valence-corrected chi connectivity index (χ1v) is 5.04. The molecule has 0 spiro atoms. The van der Waals surface area contributed by atoms with E-state index in [1.54, 1.807) is 12.1 Å². The summed E-state index contributed by atoms with van der Waals surface area (Å²) in [6.07, 6.45) is 0.593. The van der Waals surface area contributed by atoms with Crippen LogP contribution in [0.2, 0.25) is 0 Å². The van der Waals surface area contributed by atoms with E-state index in [2.05, 4.69) is 10.1 Å². The second-order valence-electron chi connectivity index (χ2n) is 3.41. The number of hydrogen-bond acceptors (Lipinski definition) is 4. The normalized spacial score (nSPS) is 10.4. The molecule has 0 atom stereocenters. The highest BCUT2D eigenvalue weighted by molar-refractivity contribution is 5.40. The lowest BCUT2D eigenvalue weighted by Gasteiger charge is -2.04. The Bertz CT molecular complexity index is 597. The third-order valence-electron chi connectivity index (χ3n) is 2.33. The van der Waals surface area contributed by atoms with E-state index in [-0.39, 0.29) is 5.69 Å². The van der Waals surface area contributed by atoms with Crippen molar-refractivity contribution in [1.82, 2.24) is 14.8 Å². The Kier molecular flexibility index (Phi) is 2.73. The van der Waals surface area contributed by atoms with Crippen molar-refractivity contribution >= 4 is 5.69 Å². The van der Waals surface area contributed by atoms with Gasteiger partial charge in [0.15, 0.2) is 0 Å². The molecule has 1 N–H and O–H groups in total. The molecular weight excluding hydrogens is 224 g/mol. The van der Waals surface area contributed by atoms with E-state index >= 15 is 0 Å². The van der Waals surface area contributed by atoms with Gasteiger partial charge in [-0.25, -0.2) is 14.6 Å². The molecular formula is C10H10N4O3. The van der Waals surface area contributed by atoms with E-state index in [1.165, 1.54) is 16.8 Å². The largest absolute Gasteiger partial charge is 0.361 e. The zero-order valence-electron chi connectivity index (χ0n) is 9.08. The maximum atomic E-state index is 11.1. The summed E-state index contributed by atoms with van der Waals surface area (Å²) >= 11 is 0. The van der Waals surface area contributed by atoms with Gasteiger partial charge >= 0.3 is 5.69 Å². The molecule has 0 amide bonds. The Morgan fingerprint density at radius 3 is 2.59 bits per heavy atom. The van der Waals surface area contributed by atoms with Crippen LogP contribution < -0.4 is 5.69 Å². The molecule has 0 radical (unpaired) electrons. The minimum Gasteiger partial charge on any atom is -0.258 e. The van der Waals surface area contributed by atoms with Crippen LogP contribution in [0.5, 0.6) is 0 Å². The number of H-pyrrole nitrogens is 1. The summed E-state index contributed by atoms with van der Waals surface area (Å²) in [5, 5.41) is 13.0. The van der Waals surface area contributed by atoms with Gasteiger partial charge in [0.1, 0.15) is 5.82 Å². The molecule has 17 heavy (non-hydrogen) atoms. The van der Waals surface area contributed by atoms with Gasteiger partial charge in [-0.2, -0.15) is 4.98 Å². The molecule has 7 heteroatoms. The van der Waals surface area contributed by atoms with E-state index in [4.69, 9.17) is 0 Å². The number of hydrogen-bond donors (Lipinski definition) is 1. The van der Waals surface area contributed by atoms with Crippen LogP contribution in [0.15, 0.2) is 29.1 Å². The number of nitro groups is 1. The Labute approximate surface area is 95.9 Å². The lowest BCUT2D eigenvalue weighted by molar-refractivity contribution is -0.384. The molecule has 1 heterocycles. The molecule has 1 aromatic heterocycles. The summed E-state index contributed by atoms with van der Waals surface area (Å²) in [6.45, 7) is 1.87. The average Bonchev–Trinajstić information content (AvgIpc) is 2.70. The highest BCUT2D eigenvalue weighted by Crippen LogP contribution is 2.14. The molecule has 0 saturated carbocycles. The van der Waals surface area contributed by atoms with E-state index in [0.29, 0.717) is 17.9 Å². The second-order valence-corrected chi connectivity index (χ2v) is 3.41. The molecule has 0 fully saturated rings. The summed E-state index contributed by atoms with van der Waals surface area (Å²) in [6, 6.07) is 5.89. The number of benzene rings is 1. The number of nitro benzene ring substituents is 1. The van der Waals surface area contributed by atoms with Crippen LogP contribution in [0, 0.1) is 10.1 Å². The lowest BCUT2D eigenvalue weighted by atomic mass is 10.3. The van der Waals surface area contributed by atoms with Crippen molar-refractivity contribution in [3.8, 4) is 5.69 Å². The quantitative estimate of drug-likeness (QED) is 0.633. The van der Waals surface area contributed by atoms with Crippen LogP contribution in [-0.2, 0) is 6.42 Å². The van der Waals surface area contributed by atoms with Gasteiger partial charge in [-0.1, -0.05) is 6.92 Å². The first-order valence-electron chi connectivity index (χ1n) is 5.04. The van der Waals surface area contributed by atoms with Gasteiger partial charge in [-0.05, 0) is 12.1 Å². The van der Waals surface area contributed by atoms with E-state index < -0.39 is 10.6 Å². The molecule has 7 nitrogen and oxygen atoms in total. The molecule has 2 rings (SSSR count). The molecule has 88 valence electrons. The standard InChI is InChI=1S/C10H10N4O3/c1-2-9-11-10(15)12-13(9)7-3-5-8(6-4-7)14(16)17/h3-6H,2H2,1H3,(H,12,15). The minimum atomic E-state index is -0.471. The monoisotopic (exact) mass is 234 g/mol. The zero-order valence-corrected chi connectivity index (χ0v) is 9.08. The highest BCUT2D eigenvalue weighted by Gasteiger charge is 2.08. The molecule has 1 aromatic carbocycles. The second kappa shape index (κ2) is 4.20. The Morgan fingerprint density at radius 2 is 2.06 bits per heavy atom. The summed E-state index contributed by atoms with van der Waals surface area (Å²) < 4.78 is 1.52. The minimum absolute atomic E-state index is 0.00857. The molecule has 2 aromatic rings. The SMILES string of the molecule is CCc1nc(=O)[nH]n1-c1ccc([N+](=O)[O-])cc1. The van der Waals surface area contributed by atoms with E-state index in [0.717, 1.165) is 0 Å². The molecule has 0 aliphatic heterocycles. The molecule has 0 aliphatic carbocycles. The Morgan fingerprint density at radius 1 is 1.41 bits per heavy atom. The maximum Gasteiger partial charge on any atom is 0.361 e. The fourth-order valence-electron chi connectivity index (χ4n) is 1.53. The number of non-ortho nitro benzene ring substituents is 1. The predicted molar refractivity (Wildman–Crippen MR) is 60.2 cm³/mol. The smallest absolute Gasteiger partial charge is 0.258 e. The van der Waals surface area contributed by atoms with Crippen molar-refractivity contribution in [3.63, 3.8) is 0 Å². The number of nitrogens with one attached hydrogen (secondary N) is 1. The van der Waals surface area contributed by atoms with Crippen LogP contribution in [0.4, 0.5) is 5.69 Å². The van der Waals surface area contributed by atoms with Crippen molar-refractivity contribution in [2.75, 3.05) is 0 Å². The fraction of sp³-hybridized carbons (Fsp3) is 0.200. The average molecular weight is 234 g/mol. The van der Waals surface area contributed by atoms with Gasteiger partial charge in [-0.3, -0.25) is 10.1 Å². The van der Waals surface area contributed by atoms with E-state index in [1.807, 2.05) is 6.92 Å². The van der Waals surface area contributed by atoms with Gasteiger partial charge in [0.2, 0.25) is 0 Å². The fourth-order valence-corrected chi connectivity index (χ4v) is 1.53. The molecule has 0 bridgehead atoms. The van der Waals surface area contributed by atoms with Crippen molar-refractivity contribution in [2.24, 2.45) is 0 Å². The first kappa shape index (κ1) is 11.1. The Balaban J connectivity index is 2.46.